The summed E-state index contributed by atoms with van der Waals surface area (Å²) in [5.41, 5.74) is -0.713. The number of aliphatic hydroxyl groups is 1. The topological polar surface area (TPSA) is 76.5 Å². The van der Waals surface area contributed by atoms with Gasteiger partial charge in [0.2, 0.25) is 5.88 Å². The van der Waals surface area contributed by atoms with E-state index in [9.17, 15) is 26.7 Å². The third kappa shape index (κ3) is 5.18. The van der Waals surface area contributed by atoms with Crippen molar-refractivity contribution in [1.29, 1.82) is 0 Å². The van der Waals surface area contributed by atoms with Crippen LogP contribution in [0.2, 0.25) is 0 Å². The van der Waals surface area contributed by atoms with E-state index < -0.39 is 27.7 Å². The SMILES string of the molecule is CC(O)CCOc1ncc(C(F)(F)F)cc1-c1cccc(S(C)(=O)=O)c1. The molecule has 1 aromatic carbocycles. The van der Waals surface area contributed by atoms with Crippen LogP contribution in [-0.4, -0.2) is 37.5 Å². The minimum absolute atomic E-state index is 0.0240. The Morgan fingerprint density at radius 3 is 2.54 bits per heavy atom. The Morgan fingerprint density at radius 2 is 1.96 bits per heavy atom. The van der Waals surface area contributed by atoms with Crippen LogP contribution in [0.1, 0.15) is 18.9 Å². The number of pyridine rings is 1. The molecule has 1 atom stereocenters. The molecule has 0 spiro atoms. The smallest absolute Gasteiger partial charge is 0.417 e. The van der Waals surface area contributed by atoms with Gasteiger partial charge in [-0.1, -0.05) is 12.1 Å². The summed E-state index contributed by atoms with van der Waals surface area (Å²) >= 11 is 0. The molecule has 26 heavy (non-hydrogen) atoms. The highest BCUT2D eigenvalue weighted by atomic mass is 32.2. The first-order valence-corrected chi connectivity index (χ1v) is 9.56. The Hall–Kier alpha value is -2.13. The average Bonchev–Trinajstić information content (AvgIpc) is 2.53. The first kappa shape index (κ1) is 20.2. The standard InChI is InChI=1S/C17H18F3NO4S/c1-11(22)6-7-25-16-15(9-13(10-21-16)17(18,19)20)12-4-3-5-14(8-12)26(2,23)24/h3-5,8-11,22H,6-7H2,1-2H3. The molecule has 0 aliphatic heterocycles. The molecule has 0 aliphatic rings. The van der Waals surface area contributed by atoms with E-state index in [4.69, 9.17) is 4.74 Å². The second-order valence-electron chi connectivity index (χ2n) is 5.86. The number of hydrogen-bond acceptors (Lipinski definition) is 5. The van der Waals surface area contributed by atoms with Gasteiger partial charge in [-0.05, 0) is 30.7 Å². The van der Waals surface area contributed by atoms with Crippen LogP contribution in [0.5, 0.6) is 5.88 Å². The number of ether oxygens (including phenoxy) is 1. The number of rotatable bonds is 6. The summed E-state index contributed by atoms with van der Waals surface area (Å²) in [6.07, 6.45) is -3.31. The molecule has 142 valence electrons. The summed E-state index contributed by atoms with van der Waals surface area (Å²) in [6.45, 7) is 1.61. The highest BCUT2D eigenvalue weighted by molar-refractivity contribution is 7.90. The Balaban J connectivity index is 2.52. The number of nitrogens with zero attached hydrogens (tertiary/aromatic N) is 1. The maximum absolute atomic E-state index is 13.0. The molecule has 0 radical (unpaired) electrons. The highest BCUT2D eigenvalue weighted by Crippen LogP contribution is 2.36. The van der Waals surface area contributed by atoms with Gasteiger partial charge in [-0.3, -0.25) is 0 Å². The largest absolute Gasteiger partial charge is 0.477 e. The summed E-state index contributed by atoms with van der Waals surface area (Å²) in [5.74, 6) is -0.0655. The number of halogens is 3. The third-order valence-corrected chi connectivity index (χ3v) is 4.64. The van der Waals surface area contributed by atoms with Gasteiger partial charge in [0.15, 0.2) is 9.84 Å². The number of aromatic nitrogens is 1. The normalized spacial score (nSPS) is 13.5. The molecule has 0 bridgehead atoms. The van der Waals surface area contributed by atoms with Gasteiger partial charge >= 0.3 is 6.18 Å². The van der Waals surface area contributed by atoms with Gasteiger partial charge in [0.05, 0.1) is 23.2 Å². The van der Waals surface area contributed by atoms with Gasteiger partial charge < -0.3 is 9.84 Å². The predicted octanol–water partition coefficient (Wildman–Crippen LogP) is 3.32. The van der Waals surface area contributed by atoms with Crippen molar-refractivity contribution in [2.24, 2.45) is 0 Å². The fourth-order valence-corrected chi connectivity index (χ4v) is 2.82. The minimum Gasteiger partial charge on any atom is -0.477 e. The van der Waals surface area contributed by atoms with Crippen LogP contribution in [-0.2, 0) is 16.0 Å². The zero-order valence-electron chi connectivity index (χ0n) is 14.1. The van der Waals surface area contributed by atoms with Gasteiger partial charge in [0, 0.05) is 24.4 Å². The average molecular weight is 389 g/mol. The Kier molecular flexibility index (Phi) is 5.92. The van der Waals surface area contributed by atoms with Crippen molar-refractivity contribution in [2.75, 3.05) is 12.9 Å². The number of sulfone groups is 1. The monoisotopic (exact) mass is 389 g/mol. The molecule has 1 N–H and O–H groups in total. The second-order valence-corrected chi connectivity index (χ2v) is 7.88. The summed E-state index contributed by atoms with van der Waals surface area (Å²) in [6, 6.07) is 6.41. The molecule has 1 aromatic heterocycles. The van der Waals surface area contributed by atoms with Crippen LogP contribution in [0.3, 0.4) is 0 Å². The fourth-order valence-electron chi connectivity index (χ4n) is 2.15. The number of hydrogen-bond donors (Lipinski definition) is 1. The van der Waals surface area contributed by atoms with Crippen molar-refractivity contribution in [3.8, 4) is 17.0 Å². The molecule has 2 aromatic rings. The summed E-state index contributed by atoms with van der Waals surface area (Å²) in [4.78, 5) is 3.71. The first-order chi connectivity index (χ1) is 12.0. The van der Waals surface area contributed by atoms with Gasteiger partial charge in [-0.2, -0.15) is 13.2 Å². The molecule has 0 saturated carbocycles. The van der Waals surface area contributed by atoms with Crippen molar-refractivity contribution in [1.82, 2.24) is 4.98 Å². The van der Waals surface area contributed by atoms with E-state index in [1.54, 1.807) is 6.92 Å². The quantitative estimate of drug-likeness (QED) is 0.820. The van der Waals surface area contributed by atoms with Crippen molar-refractivity contribution < 1.29 is 31.4 Å². The Labute approximate surface area is 149 Å². The van der Waals surface area contributed by atoms with E-state index in [2.05, 4.69) is 4.98 Å². The Bertz CT molecular complexity index is 880. The number of alkyl halides is 3. The molecular formula is C17H18F3NO4S. The van der Waals surface area contributed by atoms with Gasteiger partial charge in [0.1, 0.15) is 0 Å². The lowest BCUT2D eigenvalue weighted by molar-refractivity contribution is -0.137. The molecule has 0 amide bonds. The number of aliphatic hydroxyl groups excluding tert-OH is 1. The van der Waals surface area contributed by atoms with Crippen LogP contribution in [0, 0.1) is 0 Å². The second kappa shape index (κ2) is 7.63. The van der Waals surface area contributed by atoms with E-state index >= 15 is 0 Å². The van der Waals surface area contributed by atoms with Crippen molar-refractivity contribution in [3.05, 3.63) is 42.1 Å². The van der Waals surface area contributed by atoms with Crippen molar-refractivity contribution in [2.45, 2.75) is 30.5 Å². The summed E-state index contributed by atoms with van der Waals surface area (Å²) < 4.78 is 67.9. The van der Waals surface area contributed by atoms with Crippen LogP contribution in [0.4, 0.5) is 13.2 Å². The highest BCUT2D eigenvalue weighted by Gasteiger charge is 2.32. The van der Waals surface area contributed by atoms with E-state index in [0.717, 1.165) is 12.3 Å². The van der Waals surface area contributed by atoms with Gasteiger partial charge in [-0.25, -0.2) is 13.4 Å². The molecule has 0 fully saturated rings. The molecular weight excluding hydrogens is 371 g/mol. The maximum Gasteiger partial charge on any atom is 0.417 e. The lowest BCUT2D eigenvalue weighted by Crippen LogP contribution is -2.10. The molecule has 1 heterocycles. The molecule has 5 nitrogen and oxygen atoms in total. The van der Waals surface area contributed by atoms with E-state index in [1.807, 2.05) is 0 Å². The number of benzene rings is 1. The van der Waals surface area contributed by atoms with E-state index in [1.165, 1.54) is 24.3 Å². The Morgan fingerprint density at radius 1 is 1.27 bits per heavy atom. The van der Waals surface area contributed by atoms with Crippen LogP contribution in [0.25, 0.3) is 11.1 Å². The molecule has 2 rings (SSSR count). The summed E-state index contributed by atoms with van der Waals surface area (Å²) in [7, 11) is -3.53. The van der Waals surface area contributed by atoms with Crippen molar-refractivity contribution in [3.63, 3.8) is 0 Å². The van der Waals surface area contributed by atoms with Crippen LogP contribution < -0.4 is 4.74 Å². The van der Waals surface area contributed by atoms with Gasteiger partial charge in [0.25, 0.3) is 0 Å². The third-order valence-electron chi connectivity index (χ3n) is 3.53. The van der Waals surface area contributed by atoms with E-state index in [0.29, 0.717) is 6.20 Å². The lowest BCUT2D eigenvalue weighted by atomic mass is 10.1. The van der Waals surface area contributed by atoms with Gasteiger partial charge in [-0.15, -0.1) is 0 Å². The molecule has 9 heteroatoms. The molecule has 0 saturated heterocycles. The lowest BCUT2D eigenvalue weighted by Gasteiger charge is -2.14. The zero-order valence-corrected chi connectivity index (χ0v) is 14.9. The first-order valence-electron chi connectivity index (χ1n) is 7.67. The predicted molar refractivity (Wildman–Crippen MR) is 89.6 cm³/mol. The van der Waals surface area contributed by atoms with Crippen molar-refractivity contribution >= 4 is 9.84 Å². The summed E-state index contributed by atoms with van der Waals surface area (Å²) in [5, 5.41) is 9.28. The molecule has 1 unspecified atom stereocenters. The van der Waals surface area contributed by atoms with Crippen LogP contribution >= 0.6 is 0 Å². The van der Waals surface area contributed by atoms with E-state index in [-0.39, 0.29) is 34.9 Å². The maximum atomic E-state index is 13.0. The minimum atomic E-state index is -4.60. The van der Waals surface area contributed by atoms with Crippen LogP contribution in [0.15, 0.2) is 41.4 Å². The zero-order chi connectivity index (χ0) is 19.5. The molecule has 0 aliphatic carbocycles. The fraction of sp³-hybridized carbons (Fsp3) is 0.353.